The molecule has 0 saturated heterocycles. The van der Waals surface area contributed by atoms with Crippen molar-refractivity contribution in [2.75, 3.05) is 11.1 Å². The van der Waals surface area contributed by atoms with Gasteiger partial charge in [0.15, 0.2) is 0 Å². The lowest BCUT2D eigenvalue weighted by atomic mass is 10.1. The normalized spacial score (nSPS) is 9.29. The van der Waals surface area contributed by atoms with E-state index in [1.165, 1.54) is 6.92 Å². The van der Waals surface area contributed by atoms with E-state index in [9.17, 15) is 15.0 Å². The summed E-state index contributed by atoms with van der Waals surface area (Å²) in [7, 11) is 0. The Labute approximate surface area is 148 Å². The van der Waals surface area contributed by atoms with Crippen molar-refractivity contribution in [3.63, 3.8) is 0 Å². The lowest BCUT2D eigenvalue weighted by molar-refractivity contribution is -0.114. The van der Waals surface area contributed by atoms with Crippen molar-refractivity contribution in [2.45, 2.75) is 33.6 Å². The summed E-state index contributed by atoms with van der Waals surface area (Å²) in [6, 6.07) is 10.3. The van der Waals surface area contributed by atoms with E-state index in [0.717, 1.165) is 24.0 Å². The van der Waals surface area contributed by atoms with Gasteiger partial charge in [0.25, 0.3) is 0 Å². The van der Waals surface area contributed by atoms with Crippen molar-refractivity contribution < 1.29 is 15.0 Å². The van der Waals surface area contributed by atoms with Crippen molar-refractivity contribution in [1.82, 2.24) is 0 Å². The van der Waals surface area contributed by atoms with E-state index in [0.29, 0.717) is 17.1 Å². The summed E-state index contributed by atoms with van der Waals surface area (Å²) in [4.78, 5) is 10.7. The number of nitrogen functional groups attached to an aromatic ring is 1. The Balaban J connectivity index is 0.000000436. The van der Waals surface area contributed by atoms with E-state index in [2.05, 4.69) is 5.32 Å². The molecule has 0 atom stereocenters. The number of phenolic OH excluding ortho intramolecular Hbond substituents is 2. The first-order valence-electron chi connectivity index (χ1n) is 7.54. The minimum Gasteiger partial charge on any atom is -0.508 e. The van der Waals surface area contributed by atoms with Gasteiger partial charge in [0.1, 0.15) is 11.5 Å². The fourth-order valence-corrected chi connectivity index (χ4v) is 2.02. The summed E-state index contributed by atoms with van der Waals surface area (Å²) in [6.07, 6.45) is 1.62. The molecule has 0 heterocycles. The van der Waals surface area contributed by atoms with Crippen LogP contribution in [0.3, 0.4) is 0 Å². The Hall–Kier alpha value is -2.40. The van der Waals surface area contributed by atoms with Gasteiger partial charge in [-0.15, -0.1) is 12.4 Å². The summed E-state index contributed by atoms with van der Waals surface area (Å²) in [5.41, 5.74) is 8.48. The molecular formula is C18H25ClN2O3. The summed E-state index contributed by atoms with van der Waals surface area (Å²) < 4.78 is 0. The van der Waals surface area contributed by atoms with Crippen LogP contribution < -0.4 is 11.1 Å². The van der Waals surface area contributed by atoms with Crippen LogP contribution >= 0.6 is 12.4 Å². The van der Waals surface area contributed by atoms with Crippen LogP contribution in [0.5, 0.6) is 11.5 Å². The van der Waals surface area contributed by atoms with Gasteiger partial charge in [-0.25, -0.2) is 0 Å². The quantitative estimate of drug-likeness (QED) is 0.630. The molecule has 132 valence electrons. The molecule has 0 aromatic heterocycles. The molecule has 24 heavy (non-hydrogen) atoms. The molecule has 1 amide bonds. The topological polar surface area (TPSA) is 95.6 Å². The number of aryl methyl sites for hydroxylation is 2. The van der Waals surface area contributed by atoms with E-state index in [1.54, 1.807) is 30.3 Å². The molecule has 0 fully saturated rings. The van der Waals surface area contributed by atoms with Crippen LogP contribution in [0.15, 0.2) is 36.4 Å². The average molecular weight is 353 g/mol. The Morgan fingerprint density at radius 1 is 1.00 bits per heavy atom. The molecule has 5 nitrogen and oxygen atoms in total. The Bertz CT molecular complexity index is 675. The predicted octanol–water partition coefficient (Wildman–Crippen LogP) is 3.87. The van der Waals surface area contributed by atoms with E-state index in [1.807, 2.05) is 19.9 Å². The SMILES string of the molecule is CCc1ccc(N)cc1O.CCc1ccc(NC(C)=O)cc1O.Cl. The molecule has 0 spiro atoms. The standard InChI is InChI=1S/C10H13NO2.C8H11NO.ClH/c1-3-8-4-5-9(6-10(8)13)11-7(2)12;1-2-6-3-4-7(9)5-8(6)10;/h4-6,13H,3H2,1-2H3,(H,11,12);3-5,10H,2,9H2,1H3;1H. The number of rotatable bonds is 3. The summed E-state index contributed by atoms with van der Waals surface area (Å²) in [6.45, 7) is 5.39. The molecule has 5 N–H and O–H groups in total. The maximum Gasteiger partial charge on any atom is 0.221 e. The molecular weight excluding hydrogens is 328 g/mol. The minimum atomic E-state index is -0.136. The summed E-state index contributed by atoms with van der Waals surface area (Å²) in [5, 5.41) is 21.3. The van der Waals surface area contributed by atoms with Gasteiger partial charge in [-0.3, -0.25) is 4.79 Å². The highest BCUT2D eigenvalue weighted by Crippen LogP contribution is 2.22. The Morgan fingerprint density at radius 2 is 1.50 bits per heavy atom. The molecule has 6 heteroatoms. The highest BCUT2D eigenvalue weighted by molar-refractivity contribution is 5.88. The zero-order valence-corrected chi connectivity index (χ0v) is 15.0. The molecule has 0 aliphatic heterocycles. The van der Waals surface area contributed by atoms with E-state index < -0.39 is 0 Å². The Kier molecular flexibility index (Phi) is 9.35. The smallest absolute Gasteiger partial charge is 0.221 e. The number of halogens is 1. The van der Waals surface area contributed by atoms with Gasteiger partial charge >= 0.3 is 0 Å². The van der Waals surface area contributed by atoms with Crippen LogP contribution in [0, 0.1) is 0 Å². The molecule has 2 rings (SSSR count). The average Bonchev–Trinajstić information content (AvgIpc) is 2.47. The zero-order valence-electron chi connectivity index (χ0n) is 14.2. The lowest BCUT2D eigenvalue weighted by Gasteiger charge is -2.05. The third-order valence-electron chi connectivity index (χ3n) is 3.28. The van der Waals surface area contributed by atoms with Gasteiger partial charge in [-0.1, -0.05) is 26.0 Å². The van der Waals surface area contributed by atoms with Crippen LogP contribution in [0.1, 0.15) is 31.9 Å². The summed E-state index contributed by atoms with van der Waals surface area (Å²) >= 11 is 0. The number of nitrogens with two attached hydrogens (primary N) is 1. The highest BCUT2D eigenvalue weighted by Gasteiger charge is 2.01. The zero-order chi connectivity index (χ0) is 17.4. The van der Waals surface area contributed by atoms with Crippen LogP contribution in [-0.4, -0.2) is 16.1 Å². The number of aromatic hydroxyl groups is 2. The fraction of sp³-hybridized carbons (Fsp3) is 0.278. The lowest BCUT2D eigenvalue weighted by Crippen LogP contribution is -2.05. The second-order valence-corrected chi connectivity index (χ2v) is 5.12. The number of hydrogen-bond donors (Lipinski definition) is 4. The van der Waals surface area contributed by atoms with Crippen molar-refractivity contribution in [1.29, 1.82) is 0 Å². The minimum absolute atomic E-state index is 0. The van der Waals surface area contributed by atoms with Crippen molar-refractivity contribution in [2.24, 2.45) is 0 Å². The predicted molar refractivity (Wildman–Crippen MR) is 101 cm³/mol. The maximum atomic E-state index is 10.7. The third-order valence-corrected chi connectivity index (χ3v) is 3.28. The van der Waals surface area contributed by atoms with Gasteiger partial charge in [-0.2, -0.15) is 0 Å². The highest BCUT2D eigenvalue weighted by atomic mass is 35.5. The molecule has 2 aromatic carbocycles. The second-order valence-electron chi connectivity index (χ2n) is 5.12. The first kappa shape index (κ1) is 21.6. The van der Waals surface area contributed by atoms with Crippen molar-refractivity contribution in [3.05, 3.63) is 47.5 Å². The number of phenols is 2. The second kappa shape index (κ2) is 10.4. The van der Waals surface area contributed by atoms with E-state index in [4.69, 9.17) is 5.73 Å². The number of carbonyl (C=O) groups is 1. The van der Waals surface area contributed by atoms with E-state index in [-0.39, 0.29) is 24.1 Å². The number of nitrogens with one attached hydrogen (secondary N) is 1. The maximum absolute atomic E-state index is 10.7. The van der Waals surface area contributed by atoms with Gasteiger partial charge in [0.05, 0.1) is 0 Å². The number of carbonyl (C=O) groups excluding carboxylic acids is 1. The monoisotopic (exact) mass is 352 g/mol. The molecule has 0 radical (unpaired) electrons. The van der Waals surface area contributed by atoms with Gasteiger partial charge in [0, 0.05) is 30.4 Å². The van der Waals surface area contributed by atoms with Crippen molar-refractivity contribution in [3.8, 4) is 11.5 Å². The fourth-order valence-electron chi connectivity index (χ4n) is 2.02. The van der Waals surface area contributed by atoms with Crippen LogP contribution in [0.25, 0.3) is 0 Å². The molecule has 0 unspecified atom stereocenters. The number of amides is 1. The molecule has 0 aliphatic carbocycles. The summed E-state index contributed by atoms with van der Waals surface area (Å²) in [5.74, 6) is 0.389. The number of benzene rings is 2. The van der Waals surface area contributed by atoms with E-state index >= 15 is 0 Å². The van der Waals surface area contributed by atoms with Crippen LogP contribution in [-0.2, 0) is 17.6 Å². The van der Waals surface area contributed by atoms with Gasteiger partial charge in [0.2, 0.25) is 5.91 Å². The molecule has 0 aliphatic rings. The Morgan fingerprint density at radius 3 is 1.92 bits per heavy atom. The van der Waals surface area contributed by atoms with Crippen molar-refractivity contribution >= 4 is 29.7 Å². The van der Waals surface area contributed by atoms with Crippen LogP contribution in [0.4, 0.5) is 11.4 Å². The van der Waals surface area contributed by atoms with Crippen LogP contribution in [0.2, 0.25) is 0 Å². The first-order valence-corrected chi connectivity index (χ1v) is 7.54. The third kappa shape index (κ3) is 6.79. The first-order chi connectivity index (χ1) is 10.9. The number of hydrogen-bond acceptors (Lipinski definition) is 4. The van der Waals surface area contributed by atoms with Gasteiger partial charge in [-0.05, 0) is 36.1 Å². The van der Waals surface area contributed by atoms with Gasteiger partial charge < -0.3 is 21.3 Å². The number of anilines is 2. The molecule has 2 aromatic rings. The largest absolute Gasteiger partial charge is 0.508 e. The molecule has 0 bridgehead atoms. The molecule has 0 saturated carbocycles.